The van der Waals surface area contributed by atoms with Crippen LogP contribution in [0.1, 0.15) is 0 Å². The second-order valence-corrected chi connectivity index (χ2v) is 6.48. The van der Waals surface area contributed by atoms with Gasteiger partial charge in [0, 0.05) is 0 Å². The Morgan fingerprint density at radius 1 is 0.484 bits per heavy atom. The van der Waals surface area contributed by atoms with E-state index in [1.54, 1.807) is 0 Å². The van der Waals surface area contributed by atoms with Crippen molar-refractivity contribution in [2.24, 2.45) is 0 Å². The van der Waals surface area contributed by atoms with Crippen LogP contribution in [0.2, 0.25) is 0 Å². The number of nitriles is 3. The minimum absolute atomic E-state index is 0. The number of nitrogens with zero attached hydrogens (tertiary/aromatic N) is 3. The van der Waals surface area contributed by atoms with Gasteiger partial charge >= 0.3 is 383 Å². The van der Waals surface area contributed by atoms with Gasteiger partial charge in [-0.05, 0) is 0 Å². The van der Waals surface area contributed by atoms with Gasteiger partial charge in [-0.25, -0.2) is 13.7 Å². The first kappa shape index (κ1) is 68.4. The van der Waals surface area contributed by atoms with E-state index < -0.39 is 43.3 Å². The molecule has 0 rings (SSSR count). The molecule has 15 nitrogen and oxygen atoms in total. The molecule has 0 atom stereocenters. The second-order valence-electron chi connectivity index (χ2n) is 2.77. The standard InChI is InChI=1S/3C2H4NO4P.7K.7H/c3*3-1-2-7-8(4,5)6;;;;;;;;;;;;;;/h3*2H2,(H2,4,5,6);;;;;;;;;;;;;;. The van der Waals surface area contributed by atoms with Crippen molar-refractivity contribution in [2.45, 2.75) is 0 Å². The Bertz CT molecular complexity index is 537. The third-order valence-electron chi connectivity index (χ3n) is 0.892. The van der Waals surface area contributed by atoms with Gasteiger partial charge in [0.25, 0.3) is 0 Å². The number of phosphoric acid groups is 3. The molecule has 6 N–H and O–H groups in total. The van der Waals surface area contributed by atoms with E-state index in [1.807, 2.05) is 0 Å². The van der Waals surface area contributed by atoms with Gasteiger partial charge < -0.3 is 29.4 Å². The summed E-state index contributed by atoms with van der Waals surface area (Å²) in [5, 5.41) is 23.1. The molecule has 0 aliphatic carbocycles. The second kappa shape index (κ2) is 44.7. The normalized spacial score (nSPS) is 8.23. The van der Waals surface area contributed by atoms with Crippen LogP contribution in [0, 0.1) is 34.0 Å². The molecule has 0 aromatic rings. The van der Waals surface area contributed by atoms with Gasteiger partial charge in [0.1, 0.15) is 19.8 Å². The molecule has 0 spiro atoms. The van der Waals surface area contributed by atoms with Gasteiger partial charge in [0.2, 0.25) is 0 Å². The molecule has 0 aromatic heterocycles. The third kappa shape index (κ3) is 92.4. The van der Waals surface area contributed by atoms with Crippen molar-refractivity contribution < 1.29 is 56.6 Å². The fourth-order valence-electron chi connectivity index (χ4n) is 0.339. The van der Waals surface area contributed by atoms with Gasteiger partial charge in [0.05, 0.1) is 18.2 Å². The van der Waals surface area contributed by atoms with Crippen LogP contribution in [0.3, 0.4) is 0 Å². The molecule has 31 heavy (non-hydrogen) atoms. The van der Waals surface area contributed by atoms with Crippen molar-refractivity contribution in [3.63, 3.8) is 0 Å². The summed E-state index contributed by atoms with van der Waals surface area (Å²) < 4.78 is 40.2. The first-order chi connectivity index (χ1) is 10.7. The molecule has 0 aromatic carbocycles. The monoisotopic (exact) mass is 691 g/mol. The number of hydrogen-bond donors (Lipinski definition) is 6. The molecule has 0 bridgehead atoms. The summed E-state index contributed by atoms with van der Waals surface area (Å²) in [7, 11) is -13.2. The maximum absolute atomic E-state index is 9.71. The molecule has 0 radical (unpaired) electrons. The molecule has 152 valence electrons. The Morgan fingerprint density at radius 3 is 0.645 bits per heavy atom. The Kier molecular flexibility index (Phi) is 98.7. The molecule has 0 aliphatic heterocycles. The van der Waals surface area contributed by atoms with E-state index in [0.717, 1.165) is 0 Å². The van der Waals surface area contributed by atoms with Crippen LogP contribution in [-0.2, 0) is 27.3 Å². The summed E-state index contributed by atoms with van der Waals surface area (Å²) in [6.45, 7) is -1.74. The summed E-state index contributed by atoms with van der Waals surface area (Å²) in [5.74, 6) is 0. The first-order valence-electron chi connectivity index (χ1n) is 4.89. The molecule has 0 fully saturated rings. The van der Waals surface area contributed by atoms with E-state index in [-0.39, 0.29) is 360 Å². The van der Waals surface area contributed by atoms with Crippen LogP contribution in [-0.4, -0.2) is 409 Å². The van der Waals surface area contributed by atoms with Crippen molar-refractivity contribution in [2.75, 3.05) is 19.8 Å². The summed E-state index contributed by atoms with van der Waals surface area (Å²) in [6, 6.07) is 4.23. The average Bonchev–Trinajstić information content (AvgIpc) is 2.39. The van der Waals surface area contributed by atoms with E-state index >= 15 is 0 Å². The molecule has 0 heterocycles. The third-order valence-corrected chi connectivity index (χ3v) is 2.29. The predicted octanol–water partition coefficient (Wildman–Crippen LogP) is -5.68. The summed E-state index contributed by atoms with van der Waals surface area (Å²) in [4.78, 5) is 47.3. The van der Waals surface area contributed by atoms with Crippen LogP contribution in [0.5, 0.6) is 0 Å². The molecular weight excluding hydrogens is 673 g/mol. The van der Waals surface area contributed by atoms with Crippen LogP contribution in [0.25, 0.3) is 0 Å². The minimum atomic E-state index is -4.40. The number of rotatable bonds is 6. The maximum atomic E-state index is 9.71. The van der Waals surface area contributed by atoms with E-state index in [9.17, 15) is 13.7 Å². The zero-order valence-electron chi connectivity index (χ0n) is 11.4. The van der Waals surface area contributed by atoms with Crippen molar-refractivity contribution in [3.05, 3.63) is 0 Å². The molecule has 0 saturated carbocycles. The average molecular weight is 692 g/mol. The fraction of sp³-hybridized carbons (Fsp3) is 0.500. The predicted molar refractivity (Wildman–Crippen MR) is 121 cm³/mol. The van der Waals surface area contributed by atoms with Gasteiger partial charge in [-0.1, -0.05) is 0 Å². The Labute approximate surface area is 477 Å². The topological polar surface area (TPSA) is 272 Å². The van der Waals surface area contributed by atoms with Crippen molar-refractivity contribution >= 4 is 383 Å². The molecule has 0 amide bonds. The SMILES string of the molecule is N#CCOP(=O)(O)O.N#CCOP(=O)(O)O.N#CCOP(=O)(O)O.[KH].[KH].[KH].[KH].[KH].[KH].[KH]. The van der Waals surface area contributed by atoms with Gasteiger partial charge in [-0.2, -0.15) is 15.8 Å². The first-order valence-corrected chi connectivity index (χ1v) is 9.48. The van der Waals surface area contributed by atoms with Crippen LogP contribution < -0.4 is 0 Å². The van der Waals surface area contributed by atoms with Gasteiger partial charge in [0.15, 0.2) is 0 Å². The van der Waals surface area contributed by atoms with Gasteiger partial charge in [-0.15, -0.1) is 0 Å². The molecule has 0 aliphatic rings. The Balaban J connectivity index is -0.0000000240. The van der Waals surface area contributed by atoms with Crippen LogP contribution >= 0.6 is 23.5 Å². The van der Waals surface area contributed by atoms with Crippen LogP contribution in [0.15, 0.2) is 0 Å². The summed E-state index contributed by atoms with van der Waals surface area (Å²) in [5.41, 5.74) is 0. The number of phosphoric ester groups is 3. The fourth-order valence-corrected chi connectivity index (χ4v) is 1.02. The Morgan fingerprint density at radius 2 is 0.613 bits per heavy atom. The van der Waals surface area contributed by atoms with Crippen LogP contribution in [0.4, 0.5) is 0 Å². The van der Waals surface area contributed by atoms with E-state index in [2.05, 4.69) is 13.6 Å². The van der Waals surface area contributed by atoms with Crippen molar-refractivity contribution in [1.29, 1.82) is 15.8 Å². The summed E-state index contributed by atoms with van der Waals surface area (Å²) in [6.07, 6.45) is 0. The zero-order valence-corrected chi connectivity index (χ0v) is 14.1. The van der Waals surface area contributed by atoms with E-state index in [1.165, 1.54) is 18.2 Å². The quantitative estimate of drug-likeness (QED) is 0.112. The van der Waals surface area contributed by atoms with Gasteiger partial charge in [-0.3, -0.25) is 13.6 Å². The zero-order chi connectivity index (χ0) is 19.9. The van der Waals surface area contributed by atoms with Crippen molar-refractivity contribution in [1.82, 2.24) is 0 Å². The molecule has 25 heteroatoms. The Hall–Kier alpha value is 10.3. The number of hydrogen-bond acceptors (Lipinski definition) is 9. The van der Waals surface area contributed by atoms with E-state index in [4.69, 9.17) is 45.1 Å². The summed E-state index contributed by atoms with van der Waals surface area (Å²) >= 11 is 0. The van der Waals surface area contributed by atoms with Crippen molar-refractivity contribution in [3.8, 4) is 18.2 Å². The molecule has 0 saturated heterocycles. The van der Waals surface area contributed by atoms with E-state index in [0.29, 0.717) is 0 Å². The molecule has 0 unspecified atom stereocenters. The molecular formula is C6H19K7N3O12P3.